The summed E-state index contributed by atoms with van der Waals surface area (Å²) in [5, 5.41) is 4.71. The minimum absolute atomic E-state index is 0.0370. The molecule has 4 aromatic rings. The minimum Gasteiger partial charge on any atom is -0.373 e. The van der Waals surface area contributed by atoms with Crippen molar-refractivity contribution in [3.8, 4) is 11.3 Å². The highest BCUT2D eigenvalue weighted by atomic mass is 32.2. The molecule has 16 heteroatoms. The Labute approximate surface area is 271 Å². The predicted molar refractivity (Wildman–Crippen MR) is 165 cm³/mol. The van der Waals surface area contributed by atoms with Crippen LogP contribution in [0.1, 0.15) is 61.3 Å². The van der Waals surface area contributed by atoms with Crippen molar-refractivity contribution in [2.45, 2.75) is 75.4 Å². The van der Waals surface area contributed by atoms with Crippen LogP contribution >= 0.6 is 11.3 Å². The Morgan fingerprint density at radius 1 is 1.13 bits per heavy atom. The lowest BCUT2D eigenvalue weighted by Gasteiger charge is -2.38. The van der Waals surface area contributed by atoms with Crippen molar-refractivity contribution in [3.63, 3.8) is 0 Å². The van der Waals surface area contributed by atoms with Gasteiger partial charge >= 0.3 is 6.18 Å². The molecule has 1 aliphatic carbocycles. The quantitative estimate of drug-likeness (QED) is 0.106. The first-order chi connectivity index (χ1) is 22.4. The molecule has 10 nitrogen and oxygen atoms in total. The lowest BCUT2D eigenvalue weighted by Crippen LogP contribution is -2.45. The van der Waals surface area contributed by atoms with Gasteiger partial charge in [0.15, 0.2) is 10.9 Å². The molecule has 3 aliphatic rings. The van der Waals surface area contributed by atoms with E-state index in [9.17, 15) is 26.4 Å². The second kappa shape index (κ2) is 12.1. The molecule has 1 saturated carbocycles. The molecule has 3 fully saturated rings. The molecular formula is C31H30F4N4O6S2. The molecule has 2 saturated heterocycles. The van der Waals surface area contributed by atoms with E-state index in [1.807, 2.05) is 0 Å². The number of nitrogens with zero attached hydrogens (tertiary/aromatic N) is 4. The predicted octanol–water partition coefficient (Wildman–Crippen LogP) is 6.55. The fourth-order valence-electron chi connectivity index (χ4n) is 6.75. The zero-order chi connectivity index (χ0) is 33.1. The second-order valence-corrected chi connectivity index (χ2v) is 14.8. The molecule has 2 bridgehead atoms. The smallest absolute Gasteiger partial charge is 0.373 e. The molecule has 4 heterocycles. The van der Waals surface area contributed by atoms with Crippen LogP contribution in [0.3, 0.4) is 0 Å². The van der Waals surface area contributed by atoms with E-state index < -0.39 is 33.4 Å². The monoisotopic (exact) mass is 694 g/mol. The van der Waals surface area contributed by atoms with Gasteiger partial charge in [0.2, 0.25) is 6.41 Å². The van der Waals surface area contributed by atoms with Gasteiger partial charge in [-0.1, -0.05) is 34.7 Å². The lowest BCUT2D eigenvalue weighted by atomic mass is 9.98. The Hall–Kier alpha value is -3.60. The van der Waals surface area contributed by atoms with Crippen LogP contribution < -0.4 is 9.80 Å². The molecule has 0 spiro atoms. The van der Waals surface area contributed by atoms with Gasteiger partial charge in [-0.15, -0.1) is 0 Å². The number of benzene rings is 2. The van der Waals surface area contributed by atoms with Gasteiger partial charge in [-0.2, -0.15) is 21.6 Å². The molecule has 3 atom stereocenters. The average molecular weight is 695 g/mol. The molecule has 2 aliphatic heterocycles. The molecule has 250 valence electrons. The van der Waals surface area contributed by atoms with Crippen molar-refractivity contribution < 1.29 is 44.6 Å². The van der Waals surface area contributed by atoms with Crippen LogP contribution in [0.25, 0.3) is 21.5 Å². The van der Waals surface area contributed by atoms with Gasteiger partial charge in [0.25, 0.3) is 10.1 Å². The molecule has 1 amide bonds. The first-order valence-electron chi connectivity index (χ1n) is 15.2. The lowest BCUT2D eigenvalue weighted by molar-refractivity contribution is -0.137. The maximum absolute atomic E-state index is 15.2. The number of amides is 1. The summed E-state index contributed by atoms with van der Waals surface area (Å²) in [7, 11) is -4.32. The van der Waals surface area contributed by atoms with E-state index in [4.69, 9.17) is 13.8 Å². The van der Waals surface area contributed by atoms with Crippen molar-refractivity contribution in [1.29, 1.82) is 0 Å². The number of aromatic nitrogens is 2. The number of carbonyl (C=O) groups excluding carboxylic acids is 1. The number of piperidine rings is 1. The SMILES string of the molecule is O=CN(CCS(=O)(=O)O)c1cc(F)c2nc(N3[C@@H]4CC[C@H]3C[C@H](OCc3c(-c5ccccc5C(F)(F)F)noc3C3CC3)C4)sc2c1. The molecule has 2 aromatic carbocycles. The first-order valence-corrected chi connectivity index (χ1v) is 17.6. The molecular weight excluding hydrogens is 664 g/mol. The largest absolute Gasteiger partial charge is 0.417 e. The van der Waals surface area contributed by atoms with E-state index in [1.54, 1.807) is 12.1 Å². The molecule has 0 radical (unpaired) electrons. The molecule has 7 rings (SSSR count). The van der Waals surface area contributed by atoms with Crippen LogP contribution in [-0.4, -0.2) is 60.0 Å². The minimum atomic E-state index is -4.55. The Kier molecular flexibility index (Phi) is 8.25. The summed E-state index contributed by atoms with van der Waals surface area (Å²) in [6.07, 6.45) is 0.450. The van der Waals surface area contributed by atoms with Gasteiger partial charge in [-0.3, -0.25) is 9.35 Å². The highest BCUT2D eigenvalue weighted by Gasteiger charge is 2.43. The summed E-state index contributed by atoms with van der Waals surface area (Å²) in [5.74, 6) is -0.653. The van der Waals surface area contributed by atoms with E-state index in [0.29, 0.717) is 40.4 Å². The van der Waals surface area contributed by atoms with Crippen LogP contribution in [-0.2, 0) is 32.4 Å². The highest BCUT2D eigenvalue weighted by molar-refractivity contribution is 7.85. The summed E-state index contributed by atoms with van der Waals surface area (Å²) in [5.41, 5.74) is 0.179. The Morgan fingerprint density at radius 2 is 1.85 bits per heavy atom. The summed E-state index contributed by atoms with van der Waals surface area (Å²) >= 11 is 1.27. The topological polar surface area (TPSA) is 126 Å². The maximum atomic E-state index is 15.2. The molecule has 1 N–H and O–H groups in total. The van der Waals surface area contributed by atoms with E-state index in [1.165, 1.54) is 23.5 Å². The van der Waals surface area contributed by atoms with Gasteiger partial charge in [0, 0.05) is 41.4 Å². The average Bonchev–Trinajstić information content (AvgIpc) is 3.52. The normalized spacial score (nSPS) is 21.5. The summed E-state index contributed by atoms with van der Waals surface area (Å²) in [4.78, 5) is 19.4. The number of hydrogen-bond acceptors (Lipinski definition) is 9. The second-order valence-electron chi connectivity index (χ2n) is 12.2. The fourth-order valence-corrected chi connectivity index (χ4v) is 8.33. The molecule has 2 aromatic heterocycles. The zero-order valence-electron chi connectivity index (χ0n) is 24.8. The standard InChI is InChI=1S/C31H30F4N4O6S2/c32-25-13-20(38(16-40)9-10-47(41,42)43)14-26-28(25)36-30(46-26)39-18-7-8-19(39)12-21(11-18)44-15-23-27(37-45-29(23)17-5-6-17)22-3-1-2-4-24(22)31(33,34)35/h1-4,13-14,16-19,21H,5-12,15H2,(H,41,42,43)/t18-,19+,21-. The third-order valence-electron chi connectivity index (χ3n) is 9.10. The van der Waals surface area contributed by atoms with Gasteiger partial charge < -0.3 is 19.1 Å². The van der Waals surface area contributed by atoms with Crippen molar-refractivity contribution in [3.05, 3.63) is 59.1 Å². The summed E-state index contributed by atoms with van der Waals surface area (Å²) in [6.45, 7) is -0.273. The number of halogens is 4. The van der Waals surface area contributed by atoms with Gasteiger partial charge in [-0.05, 0) is 56.7 Å². The van der Waals surface area contributed by atoms with Crippen molar-refractivity contribution in [1.82, 2.24) is 10.1 Å². The van der Waals surface area contributed by atoms with Crippen molar-refractivity contribution in [2.24, 2.45) is 0 Å². The number of fused-ring (bicyclic) bond motifs is 3. The van der Waals surface area contributed by atoms with Gasteiger partial charge in [-0.25, -0.2) is 9.37 Å². The zero-order valence-corrected chi connectivity index (χ0v) is 26.5. The van der Waals surface area contributed by atoms with Crippen LogP contribution in [0.4, 0.5) is 28.4 Å². The number of carbonyl (C=O) groups is 1. The highest BCUT2D eigenvalue weighted by Crippen LogP contribution is 2.47. The third-order valence-corrected chi connectivity index (χ3v) is 10.8. The van der Waals surface area contributed by atoms with Crippen LogP contribution in [0.5, 0.6) is 0 Å². The molecule has 0 unspecified atom stereocenters. The fraction of sp³-hybridized carbons (Fsp3) is 0.452. The van der Waals surface area contributed by atoms with Gasteiger partial charge in [0.05, 0.1) is 28.7 Å². The van der Waals surface area contributed by atoms with E-state index in [-0.39, 0.29) is 59.7 Å². The maximum Gasteiger partial charge on any atom is 0.417 e. The number of rotatable bonds is 11. The summed E-state index contributed by atoms with van der Waals surface area (Å²) in [6, 6.07) is 8.12. The van der Waals surface area contributed by atoms with E-state index in [2.05, 4.69) is 15.0 Å². The Balaban J connectivity index is 1.08. The third kappa shape index (κ3) is 6.47. The first kappa shape index (κ1) is 32.0. The van der Waals surface area contributed by atoms with Crippen molar-refractivity contribution in [2.75, 3.05) is 22.1 Å². The van der Waals surface area contributed by atoms with Crippen LogP contribution in [0.2, 0.25) is 0 Å². The van der Waals surface area contributed by atoms with E-state index in [0.717, 1.165) is 42.7 Å². The number of hydrogen-bond donors (Lipinski definition) is 1. The number of alkyl halides is 3. The summed E-state index contributed by atoms with van der Waals surface area (Å²) < 4.78 is 101. The number of anilines is 2. The van der Waals surface area contributed by atoms with Gasteiger partial charge in [0.1, 0.15) is 17.0 Å². The van der Waals surface area contributed by atoms with Crippen LogP contribution in [0.15, 0.2) is 40.9 Å². The number of ether oxygens (including phenoxy) is 1. The molecule has 47 heavy (non-hydrogen) atoms. The van der Waals surface area contributed by atoms with Crippen molar-refractivity contribution >= 4 is 48.9 Å². The Morgan fingerprint density at radius 3 is 2.51 bits per heavy atom. The van der Waals surface area contributed by atoms with E-state index >= 15 is 4.39 Å². The Bertz CT molecular complexity index is 1910. The van der Waals surface area contributed by atoms with Crippen LogP contribution in [0, 0.1) is 5.82 Å². The number of thiazole rings is 1.